The van der Waals surface area contributed by atoms with Gasteiger partial charge in [-0.3, -0.25) is 4.99 Å². The summed E-state index contributed by atoms with van der Waals surface area (Å²) in [5, 5.41) is 10.8. The number of aliphatic imine (C=N–C) groups is 1. The smallest absolute Gasteiger partial charge is 0.128 e. The molecule has 1 saturated carbocycles. The quantitative estimate of drug-likeness (QED) is 0.715. The Morgan fingerprint density at radius 2 is 1.64 bits per heavy atom. The molecular formula is C21H35ClN2O. The Bertz CT molecular complexity index is 612. The lowest BCUT2D eigenvalue weighted by atomic mass is 9.79. The highest BCUT2D eigenvalue weighted by molar-refractivity contribution is 5.85. The van der Waals surface area contributed by atoms with E-state index in [2.05, 4.69) is 53.7 Å². The monoisotopic (exact) mass is 366 g/mol. The van der Waals surface area contributed by atoms with Crippen molar-refractivity contribution in [3.8, 4) is 5.75 Å². The van der Waals surface area contributed by atoms with Crippen molar-refractivity contribution in [3.05, 3.63) is 28.8 Å². The molecule has 2 atom stereocenters. The molecule has 1 aliphatic carbocycles. The van der Waals surface area contributed by atoms with Gasteiger partial charge in [0.2, 0.25) is 0 Å². The predicted molar refractivity (Wildman–Crippen MR) is 111 cm³/mol. The SMILES string of the molecule is CC(C)(C)c1cc(C=N[C@H]2CCCC[C@@H]2N)c(O)c(C(C)(C)C)c1.Cl. The topological polar surface area (TPSA) is 58.6 Å². The molecule has 3 nitrogen and oxygen atoms in total. The van der Waals surface area contributed by atoms with E-state index in [1.165, 1.54) is 18.4 Å². The van der Waals surface area contributed by atoms with Crippen LogP contribution in [-0.4, -0.2) is 23.4 Å². The molecule has 1 aromatic carbocycles. The molecule has 1 aromatic rings. The van der Waals surface area contributed by atoms with Crippen LogP contribution in [0, 0.1) is 0 Å². The van der Waals surface area contributed by atoms with Gasteiger partial charge in [0.25, 0.3) is 0 Å². The van der Waals surface area contributed by atoms with Crippen LogP contribution >= 0.6 is 12.4 Å². The summed E-state index contributed by atoms with van der Waals surface area (Å²) >= 11 is 0. The highest BCUT2D eigenvalue weighted by Crippen LogP contribution is 2.37. The van der Waals surface area contributed by atoms with Crippen LogP contribution in [0.1, 0.15) is 83.9 Å². The molecule has 142 valence electrons. The molecule has 0 radical (unpaired) electrons. The molecule has 0 saturated heterocycles. The second-order valence-electron chi connectivity index (χ2n) is 9.26. The molecule has 1 fully saturated rings. The second kappa shape index (κ2) is 8.09. The second-order valence-corrected chi connectivity index (χ2v) is 9.26. The van der Waals surface area contributed by atoms with E-state index in [4.69, 9.17) is 10.7 Å². The molecule has 0 heterocycles. The Morgan fingerprint density at radius 1 is 1.04 bits per heavy atom. The molecule has 0 aromatic heterocycles. The first kappa shape index (κ1) is 22.0. The van der Waals surface area contributed by atoms with Gasteiger partial charge >= 0.3 is 0 Å². The first-order valence-electron chi connectivity index (χ1n) is 9.17. The van der Waals surface area contributed by atoms with Gasteiger partial charge in [0, 0.05) is 23.4 Å². The molecule has 0 bridgehead atoms. The molecule has 25 heavy (non-hydrogen) atoms. The van der Waals surface area contributed by atoms with Gasteiger partial charge in [-0.05, 0) is 35.3 Å². The minimum atomic E-state index is -0.116. The number of nitrogens with zero attached hydrogens (tertiary/aromatic N) is 1. The Morgan fingerprint density at radius 3 is 2.16 bits per heavy atom. The van der Waals surface area contributed by atoms with E-state index in [0.717, 1.165) is 24.0 Å². The van der Waals surface area contributed by atoms with Crippen LogP contribution in [-0.2, 0) is 10.8 Å². The Hall–Kier alpha value is -1.06. The highest BCUT2D eigenvalue weighted by Gasteiger charge is 2.25. The lowest BCUT2D eigenvalue weighted by molar-refractivity contribution is 0.387. The third kappa shape index (κ3) is 5.46. The maximum Gasteiger partial charge on any atom is 0.128 e. The van der Waals surface area contributed by atoms with Gasteiger partial charge in [-0.2, -0.15) is 0 Å². The van der Waals surface area contributed by atoms with Crippen molar-refractivity contribution >= 4 is 18.6 Å². The summed E-state index contributed by atoms with van der Waals surface area (Å²) in [7, 11) is 0. The van der Waals surface area contributed by atoms with Crippen molar-refractivity contribution in [3.63, 3.8) is 0 Å². The number of hydrogen-bond donors (Lipinski definition) is 2. The summed E-state index contributed by atoms with van der Waals surface area (Å²) in [4.78, 5) is 4.73. The fourth-order valence-corrected chi connectivity index (χ4v) is 3.26. The van der Waals surface area contributed by atoms with Crippen molar-refractivity contribution in [2.45, 2.75) is 90.1 Å². The minimum Gasteiger partial charge on any atom is -0.507 e. The van der Waals surface area contributed by atoms with Crippen LogP contribution in [0.2, 0.25) is 0 Å². The van der Waals surface area contributed by atoms with Gasteiger partial charge in [-0.25, -0.2) is 0 Å². The Balaban J connectivity index is 0.00000312. The van der Waals surface area contributed by atoms with E-state index in [1.807, 2.05) is 6.21 Å². The first-order valence-corrected chi connectivity index (χ1v) is 9.17. The van der Waals surface area contributed by atoms with Crippen LogP contribution < -0.4 is 5.73 Å². The highest BCUT2D eigenvalue weighted by atomic mass is 35.5. The van der Waals surface area contributed by atoms with Crippen LogP contribution in [0.25, 0.3) is 0 Å². The maximum absolute atomic E-state index is 10.8. The predicted octanol–water partition coefficient (Wildman–Crippen LogP) is 5.10. The van der Waals surface area contributed by atoms with Crippen molar-refractivity contribution in [1.82, 2.24) is 0 Å². The van der Waals surface area contributed by atoms with Crippen molar-refractivity contribution in [2.75, 3.05) is 0 Å². The largest absolute Gasteiger partial charge is 0.507 e. The number of rotatable bonds is 2. The Labute approximate surface area is 159 Å². The van der Waals surface area contributed by atoms with Crippen LogP contribution in [0.4, 0.5) is 0 Å². The third-order valence-electron chi connectivity index (χ3n) is 5.00. The molecule has 0 unspecified atom stereocenters. The van der Waals surface area contributed by atoms with E-state index >= 15 is 0 Å². The summed E-state index contributed by atoms with van der Waals surface area (Å²) in [5.74, 6) is 0.351. The van der Waals surface area contributed by atoms with Gasteiger partial charge in [-0.1, -0.05) is 60.5 Å². The molecule has 3 N–H and O–H groups in total. The molecule has 4 heteroatoms. The summed E-state index contributed by atoms with van der Waals surface area (Å²) in [6, 6.07) is 4.53. The number of halogens is 1. The van der Waals surface area contributed by atoms with E-state index < -0.39 is 0 Å². The van der Waals surface area contributed by atoms with Crippen molar-refractivity contribution in [1.29, 1.82) is 0 Å². The summed E-state index contributed by atoms with van der Waals surface area (Å²) in [5.41, 5.74) is 9.12. The zero-order chi connectivity index (χ0) is 18.1. The molecular weight excluding hydrogens is 332 g/mol. The summed E-state index contributed by atoms with van der Waals surface area (Å²) < 4.78 is 0. The fourth-order valence-electron chi connectivity index (χ4n) is 3.26. The summed E-state index contributed by atoms with van der Waals surface area (Å²) in [6.45, 7) is 13.0. The van der Waals surface area contributed by atoms with Crippen molar-refractivity contribution in [2.24, 2.45) is 10.7 Å². The van der Waals surface area contributed by atoms with Gasteiger partial charge in [-0.15, -0.1) is 12.4 Å². The fraction of sp³-hybridized carbons (Fsp3) is 0.667. The van der Waals surface area contributed by atoms with Gasteiger partial charge < -0.3 is 10.8 Å². The molecule has 0 spiro atoms. The van der Waals surface area contributed by atoms with Crippen LogP contribution in [0.15, 0.2) is 17.1 Å². The number of nitrogens with two attached hydrogens (primary N) is 1. The van der Waals surface area contributed by atoms with E-state index in [1.54, 1.807) is 0 Å². The zero-order valence-electron chi connectivity index (χ0n) is 16.6. The lowest BCUT2D eigenvalue weighted by Crippen LogP contribution is -2.36. The molecule has 0 aliphatic heterocycles. The number of hydrogen-bond acceptors (Lipinski definition) is 3. The van der Waals surface area contributed by atoms with Crippen LogP contribution in [0.3, 0.4) is 0 Å². The summed E-state index contributed by atoms with van der Waals surface area (Å²) in [6.07, 6.45) is 6.32. The first-order chi connectivity index (χ1) is 11.0. The van der Waals surface area contributed by atoms with Gasteiger partial charge in [0.15, 0.2) is 0 Å². The minimum absolute atomic E-state index is 0. The lowest BCUT2D eigenvalue weighted by Gasteiger charge is -2.27. The molecule has 0 amide bonds. The molecule has 1 aliphatic rings. The standard InChI is InChI=1S/C21H34N2O.ClH/c1-20(2,3)15-11-14(19(24)16(12-15)21(4,5)6)13-23-18-10-8-7-9-17(18)22;/h11-13,17-18,24H,7-10,22H2,1-6H3;1H/t17-,18-;/m0./s1. The molecule has 2 rings (SSSR count). The third-order valence-corrected chi connectivity index (χ3v) is 5.00. The van der Waals surface area contributed by atoms with Gasteiger partial charge in [0.1, 0.15) is 5.75 Å². The number of benzene rings is 1. The Kier molecular flexibility index (Phi) is 7.12. The number of aromatic hydroxyl groups is 1. The van der Waals surface area contributed by atoms with E-state index in [0.29, 0.717) is 5.75 Å². The van der Waals surface area contributed by atoms with Crippen molar-refractivity contribution < 1.29 is 5.11 Å². The normalized spacial score (nSPS) is 22.0. The average molecular weight is 367 g/mol. The zero-order valence-corrected chi connectivity index (χ0v) is 17.4. The van der Waals surface area contributed by atoms with E-state index in [9.17, 15) is 5.11 Å². The number of phenols is 1. The number of phenolic OH excluding ortho intramolecular Hbond substituents is 1. The average Bonchev–Trinajstić information content (AvgIpc) is 2.45. The van der Waals surface area contributed by atoms with E-state index in [-0.39, 0.29) is 35.3 Å². The maximum atomic E-state index is 10.8. The van der Waals surface area contributed by atoms with Gasteiger partial charge in [0.05, 0.1) is 6.04 Å². The van der Waals surface area contributed by atoms with Crippen LogP contribution in [0.5, 0.6) is 5.75 Å².